The summed E-state index contributed by atoms with van der Waals surface area (Å²) >= 11 is 1.84. The van der Waals surface area contributed by atoms with E-state index in [2.05, 4.69) is 36.4 Å². The maximum absolute atomic E-state index is 2.55. The van der Waals surface area contributed by atoms with Gasteiger partial charge < -0.3 is 0 Å². The van der Waals surface area contributed by atoms with Crippen molar-refractivity contribution in [3.8, 4) is 0 Å². The third-order valence-corrected chi connectivity index (χ3v) is 3.60. The summed E-state index contributed by atoms with van der Waals surface area (Å²) in [6.07, 6.45) is 3.48. The van der Waals surface area contributed by atoms with Crippen molar-refractivity contribution in [1.82, 2.24) is 9.21 Å². The van der Waals surface area contributed by atoms with E-state index < -0.39 is 0 Å². The van der Waals surface area contributed by atoms with Crippen LogP contribution >= 0.6 is 11.9 Å². The number of nitrogens with zero attached hydrogens (tertiary/aromatic N) is 2. The van der Waals surface area contributed by atoms with Crippen LogP contribution < -0.4 is 0 Å². The SMILES string of the molecule is CSN(C)C1CCN(C(C)C)C1. The van der Waals surface area contributed by atoms with Gasteiger partial charge in [-0.25, -0.2) is 4.31 Å². The molecule has 1 rings (SSSR count). The van der Waals surface area contributed by atoms with Gasteiger partial charge in [0.05, 0.1) is 0 Å². The Kier molecular flexibility index (Phi) is 3.87. The highest BCUT2D eigenvalue weighted by Gasteiger charge is 2.26. The Morgan fingerprint density at radius 2 is 2.17 bits per heavy atom. The van der Waals surface area contributed by atoms with Crippen LogP contribution in [0.2, 0.25) is 0 Å². The van der Waals surface area contributed by atoms with Crippen LogP contribution in [0, 0.1) is 0 Å². The first-order valence-corrected chi connectivity index (χ1v) is 5.84. The first kappa shape index (κ1) is 10.4. The first-order chi connectivity index (χ1) is 5.65. The van der Waals surface area contributed by atoms with Gasteiger partial charge in [-0.1, -0.05) is 11.9 Å². The highest BCUT2D eigenvalue weighted by molar-refractivity contribution is 7.96. The van der Waals surface area contributed by atoms with E-state index in [-0.39, 0.29) is 0 Å². The van der Waals surface area contributed by atoms with Crippen LogP contribution in [0.3, 0.4) is 0 Å². The second kappa shape index (κ2) is 4.49. The average molecular weight is 188 g/mol. The number of hydrogen-bond donors (Lipinski definition) is 0. The summed E-state index contributed by atoms with van der Waals surface area (Å²) in [5.41, 5.74) is 0. The second-order valence-electron chi connectivity index (χ2n) is 3.76. The van der Waals surface area contributed by atoms with E-state index in [1.807, 2.05) is 11.9 Å². The lowest BCUT2D eigenvalue weighted by Crippen LogP contribution is -2.33. The van der Waals surface area contributed by atoms with E-state index in [9.17, 15) is 0 Å². The van der Waals surface area contributed by atoms with E-state index in [0.29, 0.717) is 6.04 Å². The second-order valence-corrected chi connectivity index (χ2v) is 4.70. The number of rotatable bonds is 3. The zero-order valence-corrected chi connectivity index (χ0v) is 9.40. The van der Waals surface area contributed by atoms with Crippen molar-refractivity contribution in [1.29, 1.82) is 0 Å². The predicted octanol–water partition coefficient (Wildman–Crippen LogP) is 1.68. The van der Waals surface area contributed by atoms with Gasteiger partial charge in [-0.15, -0.1) is 0 Å². The minimum absolute atomic E-state index is 0.713. The standard InChI is InChI=1S/C9H20N2S/c1-8(2)11-6-5-9(7-11)10(3)12-4/h8-9H,5-7H2,1-4H3. The quantitative estimate of drug-likeness (QED) is 0.622. The summed E-state index contributed by atoms with van der Waals surface area (Å²) in [6, 6.07) is 1.48. The Morgan fingerprint density at radius 3 is 2.58 bits per heavy atom. The highest BCUT2D eigenvalue weighted by atomic mass is 32.2. The molecule has 0 radical (unpaired) electrons. The molecule has 1 saturated heterocycles. The van der Waals surface area contributed by atoms with Crippen molar-refractivity contribution >= 4 is 11.9 Å². The fourth-order valence-electron chi connectivity index (χ4n) is 1.68. The predicted molar refractivity (Wildman–Crippen MR) is 56.4 cm³/mol. The molecule has 3 heteroatoms. The summed E-state index contributed by atoms with van der Waals surface area (Å²) < 4.78 is 2.38. The van der Waals surface area contributed by atoms with Gasteiger partial charge in [0.2, 0.25) is 0 Å². The van der Waals surface area contributed by atoms with Gasteiger partial charge in [-0.3, -0.25) is 4.90 Å². The van der Waals surface area contributed by atoms with E-state index in [0.717, 1.165) is 6.04 Å². The lowest BCUT2D eigenvalue weighted by Gasteiger charge is -2.23. The van der Waals surface area contributed by atoms with Gasteiger partial charge in [0.15, 0.2) is 0 Å². The zero-order valence-electron chi connectivity index (χ0n) is 8.58. The summed E-state index contributed by atoms with van der Waals surface area (Å²) in [4.78, 5) is 2.55. The van der Waals surface area contributed by atoms with Crippen LogP contribution in [0.4, 0.5) is 0 Å². The zero-order chi connectivity index (χ0) is 9.14. The molecule has 1 fully saturated rings. The molecule has 0 aromatic rings. The van der Waals surface area contributed by atoms with E-state index in [4.69, 9.17) is 0 Å². The molecular weight excluding hydrogens is 168 g/mol. The molecule has 1 unspecified atom stereocenters. The van der Waals surface area contributed by atoms with Gasteiger partial charge in [-0.05, 0) is 33.6 Å². The third-order valence-electron chi connectivity index (χ3n) is 2.73. The molecule has 0 aromatic heterocycles. The molecule has 0 aromatic carbocycles. The number of likely N-dealkylation sites (tertiary alicyclic amines) is 1. The lowest BCUT2D eigenvalue weighted by atomic mass is 10.3. The molecule has 72 valence electrons. The summed E-state index contributed by atoms with van der Waals surface area (Å²) in [7, 11) is 2.19. The van der Waals surface area contributed by atoms with E-state index in [1.165, 1.54) is 19.5 Å². The molecule has 0 bridgehead atoms. The lowest BCUT2D eigenvalue weighted by molar-refractivity contribution is 0.259. The Balaban J connectivity index is 2.35. The van der Waals surface area contributed by atoms with Crippen molar-refractivity contribution in [2.45, 2.75) is 32.4 Å². The molecule has 0 aliphatic carbocycles. The third kappa shape index (κ3) is 2.38. The van der Waals surface area contributed by atoms with Gasteiger partial charge in [0, 0.05) is 25.2 Å². The normalized spacial score (nSPS) is 26.0. The molecule has 1 heterocycles. The van der Waals surface area contributed by atoms with Crippen LogP contribution in [0.25, 0.3) is 0 Å². The molecule has 0 amide bonds. The van der Waals surface area contributed by atoms with Crippen molar-refractivity contribution in [2.75, 3.05) is 26.4 Å². The topological polar surface area (TPSA) is 6.48 Å². The van der Waals surface area contributed by atoms with Crippen LogP contribution in [-0.2, 0) is 0 Å². The van der Waals surface area contributed by atoms with Gasteiger partial charge >= 0.3 is 0 Å². The first-order valence-electron chi connectivity index (χ1n) is 4.66. The summed E-state index contributed by atoms with van der Waals surface area (Å²) in [5, 5.41) is 0. The summed E-state index contributed by atoms with van der Waals surface area (Å²) in [5.74, 6) is 0. The van der Waals surface area contributed by atoms with Gasteiger partial charge in [0.25, 0.3) is 0 Å². The fourth-order valence-corrected chi connectivity index (χ4v) is 2.15. The molecule has 1 atom stereocenters. The van der Waals surface area contributed by atoms with Crippen molar-refractivity contribution in [2.24, 2.45) is 0 Å². The Bertz CT molecular complexity index is 138. The molecule has 12 heavy (non-hydrogen) atoms. The minimum atomic E-state index is 0.713. The van der Waals surface area contributed by atoms with Crippen LogP contribution in [0.15, 0.2) is 0 Å². The maximum Gasteiger partial charge on any atom is 0.0338 e. The van der Waals surface area contributed by atoms with Crippen molar-refractivity contribution in [3.05, 3.63) is 0 Å². The van der Waals surface area contributed by atoms with Crippen LogP contribution in [-0.4, -0.2) is 47.7 Å². The highest BCUT2D eigenvalue weighted by Crippen LogP contribution is 2.20. The minimum Gasteiger partial charge on any atom is -0.299 e. The Hall–Kier alpha value is 0.270. The van der Waals surface area contributed by atoms with Gasteiger partial charge in [0.1, 0.15) is 0 Å². The van der Waals surface area contributed by atoms with Crippen LogP contribution in [0.1, 0.15) is 20.3 Å². The molecule has 0 N–H and O–H groups in total. The van der Waals surface area contributed by atoms with Crippen molar-refractivity contribution < 1.29 is 0 Å². The Morgan fingerprint density at radius 1 is 1.50 bits per heavy atom. The maximum atomic E-state index is 2.55. The fraction of sp³-hybridized carbons (Fsp3) is 1.00. The molecule has 1 aliphatic rings. The molecule has 0 saturated carbocycles. The largest absolute Gasteiger partial charge is 0.299 e. The van der Waals surface area contributed by atoms with E-state index >= 15 is 0 Å². The van der Waals surface area contributed by atoms with E-state index in [1.54, 1.807) is 0 Å². The summed E-state index contributed by atoms with van der Waals surface area (Å²) in [6.45, 7) is 7.07. The van der Waals surface area contributed by atoms with Crippen LogP contribution in [0.5, 0.6) is 0 Å². The van der Waals surface area contributed by atoms with Gasteiger partial charge in [-0.2, -0.15) is 0 Å². The molecule has 1 aliphatic heterocycles. The average Bonchev–Trinajstić information content (AvgIpc) is 2.51. The number of likely N-dealkylation sites (N-methyl/N-ethyl adjacent to an activating group) is 1. The number of hydrogen-bond acceptors (Lipinski definition) is 3. The molecular formula is C9H20N2S. The molecule has 2 nitrogen and oxygen atoms in total. The Labute approximate surface area is 80.4 Å². The van der Waals surface area contributed by atoms with Crippen molar-refractivity contribution in [3.63, 3.8) is 0 Å². The smallest absolute Gasteiger partial charge is 0.0338 e. The molecule has 0 spiro atoms. The monoisotopic (exact) mass is 188 g/mol.